The number of hydrogen-bond acceptors (Lipinski definition) is 2. The van der Waals surface area contributed by atoms with Crippen molar-refractivity contribution in [3.8, 4) is 0 Å². The monoisotopic (exact) mass is 296 g/mol. The Morgan fingerprint density at radius 2 is 2.20 bits per heavy atom. The second-order valence-electron chi connectivity index (χ2n) is 6.36. The van der Waals surface area contributed by atoms with Crippen LogP contribution >= 0.6 is 11.6 Å². The third-order valence-electron chi connectivity index (χ3n) is 4.85. The lowest BCUT2D eigenvalue weighted by molar-refractivity contribution is 0.251. The van der Waals surface area contributed by atoms with Crippen molar-refractivity contribution in [2.75, 3.05) is 18.0 Å². The van der Waals surface area contributed by atoms with Crippen molar-refractivity contribution in [3.63, 3.8) is 0 Å². The maximum absolute atomic E-state index is 14.2. The second-order valence-corrected chi connectivity index (χ2v) is 6.79. The molecule has 0 radical (unpaired) electrons. The van der Waals surface area contributed by atoms with Crippen LogP contribution in [0.1, 0.15) is 33.1 Å². The number of nitrogens with one attached hydrogen (secondary N) is 1. The van der Waals surface area contributed by atoms with E-state index in [0.717, 1.165) is 25.4 Å². The Hall–Kier alpha value is -0.800. The first-order chi connectivity index (χ1) is 9.53. The molecular weight excluding hydrogens is 275 g/mol. The van der Waals surface area contributed by atoms with Crippen LogP contribution in [0.5, 0.6) is 0 Å². The predicted octanol–water partition coefficient (Wildman–Crippen LogP) is 3.84. The SMILES string of the molecule is CCC1CNC(C)(C2CC2)CN1c1cc(Cl)ccc1F. The van der Waals surface area contributed by atoms with Gasteiger partial charge in [-0.2, -0.15) is 0 Å². The standard InChI is InChI=1S/C16H22ClFN2/c1-3-13-9-19-16(2,11-4-5-11)10-20(13)15-8-12(17)6-7-14(15)18/h6-8,11,13,19H,3-5,9-10H2,1-2H3. The molecule has 3 rings (SSSR count). The molecule has 2 atom stereocenters. The van der Waals surface area contributed by atoms with Crippen molar-refractivity contribution in [2.45, 2.75) is 44.7 Å². The van der Waals surface area contributed by atoms with E-state index < -0.39 is 0 Å². The lowest BCUT2D eigenvalue weighted by Gasteiger charge is -2.47. The molecule has 0 aromatic heterocycles. The molecule has 1 aromatic rings. The van der Waals surface area contributed by atoms with Gasteiger partial charge in [0, 0.05) is 29.7 Å². The summed E-state index contributed by atoms with van der Waals surface area (Å²) in [7, 11) is 0. The zero-order valence-electron chi connectivity index (χ0n) is 12.1. The molecule has 0 spiro atoms. The average Bonchev–Trinajstić information content (AvgIpc) is 3.26. The molecule has 1 aromatic carbocycles. The van der Waals surface area contributed by atoms with E-state index in [2.05, 4.69) is 24.1 Å². The highest BCUT2D eigenvalue weighted by Gasteiger charge is 2.46. The van der Waals surface area contributed by atoms with Gasteiger partial charge in [-0.05, 0) is 50.3 Å². The van der Waals surface area contributed by atoms with Crippen LogP contribution in [0.4, 0.5) is 10.1 Å². The number of piperazine rings is 1. The van der Waals surface area contributed by atoms with E-state index >= 15 is 0 Å². The Labute approximate surface area is 125 Å². The molecule has 4 heteroatoms. The van der Waals surface area contributed by atoms with Crippen molar-refractivity contribution in [1.29, 1.82) is 0 Å². The summed E-state index contributed by atoms with van der Waals surface area (Å²) >= 11 is 6.06. The number of hydrogen-bond donors (Lipinski definition) is 1. The summed E-state index contributed by atoms with van der Waals surface area (Å²) in [5, 5.41) is 4.30. The maximum atomic E-state index is 14.2. The van der Waals surface area contributed by atoms with Crippen LogP contribution in [-0.4, -0.2) is 24.7 Å². The highest BCUT2D eigenvalue weighted by molar-refractivity contribution is 6.30. The molecule has 1 heterocycles. The van der Waals surface area contributed by atoms with Gasteiger partial charge in [-0.1, -0.05) is 18.5 Å². The van der Waals surface area contributed by atoms with Crippen molar-refractivity contribution in [2.24, 2.45) is 5.92 Å². The van der Waals surface area contributed by atoms with Gasteiger partial charge < -0.3 is 10.2 Å². The van der Waals surface area contributed by atoms with Crippen LogP contribution in [-0.2, 0) is 0 Å². The highest BCUT2D eigenvalue weighted by Crippen LogP contribution is 2.42. The topological polar surface area (TPSA) is 15.3 Å². The summed E-state index contributed by atoms with van der Waals surface area (Å²) in [6.45, 7) is 6.19. The van der Waals surface area contributed by atoms with Gasteiger partial charge in [-0.3, -0.25) is 0 Å². The predicted molar refractivity (Wildman–Crippen MR) is 82.0 cm³/mol. The number of halogens is 2. The molecule has 2 aliphatic rings. The zero-order valence-corrected chi connectivity index (χ0v) is 12.9. The Morgan fingerprint density at radius 1 is 1.45 bits per heavy atom. The van der Waals surface area contributed by atoms with Gasteiger partial charge >= 0.3 is 0 Å². The molecule has 0 bridgehead atoms. The summed E-state index contributed by atoms with van der Waals surface area (Å²) in [5.41, 5.74) is 0.748. The van der Waals surface area contributed by atoms with Crippen LogP contribution in [0.3, 0.4) is 0 Å². The van der Waals surface area contributed by atoms with Gasteiger partial charge in [-0.25, -0.2) is 4.39 Å². The molecule has 2 unspecified atom stereocenters. The summed E-state index contributed by atoms with van der Waals surface area (Å²) in [6, 6.07) is 5.18. The Morgan fingerprint density at radius 3 is 2.85 bits per heavy atom. The Bertz CT molecular complexity index is 503. The van der Waals surface area contributed by atoms with E-state index in [1.165, 1.54) is 18.9 Å². The van der Waals surface area contributed by atoms with Crippen LogP contribution in [0.25, 0.3) is 0 Å². The van der Waals surface area contributed by atoms with Crippen LogP contribution < -0.4 is 10.2 Å². The molecule has 1 aliphatic carbocycles. The summed E-state index contributed by atoms with van der Waals surface area (Å²) in [4.78, 5) is 2.22. The van der Waals surface area contributed by atoms with Crippen molar-refractivity contribution in [1.82, 2.24) is 5.32 Å². The molecule has 1 N–H and O–H groups in total. The number of nitrogens with zero attached hydrogens (tertiary/aromatic N) is 1. The Kier molecular flexibility index (Phi) is 3.67. The van der Waals surface area contributed by atoms with Crippen LogP contribution in [0.2, 0.25) is 5.02 Å². The smallest absolute Gasteiger partial charge is 0.146 e. The first kappa shape index (κ1) is 14.2. The first-order valence-electron chi connectivity index (χ1n) is 7.50. The number of anilines is 1. The fourth-order valence-corrected chi connectivity index (χ4v) is 3.51. The molecule has 110 valence electrons. The minimum Gasteiger partial charge on any atom is -0.363 e. The normalized spacial score (nSPS) is 30.6. The molecule has 0 amide bonds. The van der Waals surface area contributed by atoms with E-state index in [-0.39, 0.29) is 11.4 Å². The zero-order chi connectivity index (χ0) is 14.3. The first-order valence-corrected chi connectivity index (χ1v) is 7.88. The minimum atomic E-state index is -0.173. The lowest BCUT2D eigenvalue weighted by atomic mass is 9.90. The number of benzene rings is 1. The summed E-state index contributed by atoms with van der Waals surface area (Å²) in [5.74, 6) is 0.554. The Balaban J connectivity index is 1.92. The van der Waals surface area contributed by atoms with Crippen molar-refractivity contribution in [3.05, 3.63) is 29.0 Å². The largest absolute Gasteiger partial charge is 0.363 e. The highest BCUT2D eigenvalue weighted by atomic mass is 35.5. The number of rotatable bonds is 3. The van der Waals surface area contributed by atoms with Gasteiger partial charge in [0.1, 0.15) is 5.82 Å². The molecule has 20 heavy (non-hydrogen) atoms. The minimum absolute atomic E-state index is 0.0976. The van der Waals surface area contributed by atoms with E-state index in [9.17, 15) is 4.39 Å². The van der Waals surface area contributed by atoms with E-state index in [1.54, 1.807) is 12.1 Å². The van der Waals surface area contributed by atoms with Crippen LogP contribution in [0, 0.1) is 11.7 Å². The molecule has 2 nitrogen and oxygen atoms in total. The van der Waals surface area contributed by atoms with Gasteiger partial charge in [0.2, 0.25) is 0 Å². The van der Waals surface area contributed by atoms with E-state index in [0.29, 0.717) is 16.8 Å². The molecule has 1 aliphatic heterocycles. The summed E-state index contributed by atoms with van der Waals surface area (Å²) in [6.07, 6.45) is 3.57. The van der Waals surface area contributed by atoms with Gasteiger partial charge in [-0.15, -0.1) is 0 Å². The maximum Gasteiger partial charge on any atom is 0.146 e. The molecule has 1 saturated heterocycles. The lowest BCUT2D eigenvalue weighted by Crippen LogP contribution is -2.64. The third kappa shape index (κ3) is 2.53. The van der Waals surface area contributed by atoms with Crippen LogP contribution in [0.15, 0.2) is 18.2 Å². The van der Waals surface area contributed by atoms with E-state index in [1.807, 2.05) is 0 Å². The van der Waals surface area contributed by atoms with Crippen molar-refractivity contribution < 1.29 is 4.39 Å². The fraction of sp³-hybridized carbons (Fsp3) is 0.625. The average molecular weight is 297 g/mol. The fourth-order valence-electron chi connectivity index (χ4n) is 3.35. The quantitative estimate of drug-likeness (QED) is 0.912. The van der Waals surface area contributed by atoms with Crippen molar-refractivity contribution >= 4 is 17.3 Å². The second kappa shape index (κ2) is 5.19. The van der Waals surface area contributed by atoms with Gasteiger partial charge in [0.15, 0.2) is 0 Å². The molecule has 1 saturated carbocycles. The third-order valence-corrected chi connectivity index (χ3v) is 5.08. The van der Waals surface area contributed by atoms with Gasteiger partial charge in [0.05, 0.1) is 5.69 Å². The van der Waals surface area contributed by atoms with E-state index in [4.69, 9.17) is 11.6 Å². The van der Waals surface area contributed by atoms with Gasteiger partial charge in [0.25, 0.3) is 0 Å². The molecule has 2 fully saturated rings. The summed E-state index contributed by atoms with van der Waals surface area (Å²) < 4.78 is 14.2. The molecular formula is C16H22ClFN2.